The lowest BCUT2D eigenvalue weighted by molar-refractivity contribution is -0.137. The van der Waals surface area contributed by atoms with Crippen molar-refractivity contribution < 1.29 is 29.3 Å². The zero-order valence-electron chi connectivity index (χ0n) is 20.5. The summed E-state index contributed by atoms with van der Waals surface area (Å²) in [7, 11) is 0. The molecule has 2 amide bonds. The van der Waals surface area contributed by atoms with Crippen LogP contribution >= 0.6 is 0 Å². The molecule has 3 aliphatic rings. The molecule has 2 aromatic heterocycles. The van der Waals surface area contributed by atoms with Crippen LogP contribution in [0.15, 0.2) is 6.33 Å². The molecule has 1 unspecified atom stereocenters. The van der Waals surface area contributed by atoms with Crippen molar-refractivity contribution >= 4 is 29.0 Å². The molecular formula is C24H31N7O6. The summed E-state index contributed by atoms with van der Waals surface area (Å²) in [5, 5.41) is 23.9. The molecule has 0 bridgehead atoms. The van der Waals surface area contributed by atoms with E-state index in [-0.39, 0.29) is 29.4 Å². The van der Waals surface area contributed by atoms with Gasteiger partial charge in [-0.25, -0.2) is 19.7 Å². The van der Waals surface area contributed by atoms with Crippen LogP contribution in [0.5, 0.6) is 0 Å². The highest BCUT2D eigenvalue weighted by atomic mass is 16.6. The third-order valence-corrected chi connectivity index (χ3v) is 6.87. The van der Waals surface area contributed by atoms with E-state index in [0.717, 1.165) is 25.7 Å². The van der Waals surface area contributed by atoms with E-state index in [0.29, 0.717) is 37.6 Å². The van der Waals surface area contributed by atoms with E-state index in [2.05, 4.69) is 32.1 Å². The van der Waals surface area contributed by atoms with Crippen LogP contribution in [-0.4, -0.2) is 90.7 Å². The number of imidazole rings is 1. The zero-order valence-corrected chi connectivity index (χ0v) is 20.5. The lowest BCUT2D eigenvalue weighted by Gasteiger charge is -2.30. The molecule has 13 nitrogen and oxygen atoms in total. The number of fused-ring (bicyclic) bond motifs is 1. The fourth-order valence-electron chi connectivity index (χ4n) is 4.61. The van der Waals surface area contributed by atoms with Gasteiger partial charge in [0.05, 0.1) is 12.9 Å². The van der Waals surface area contributed by atoms with Gasteiger partial charge in [-0.05, 0) is 44.4 Å². The predicted octanol–water partition coefficient (Wildman–Crippen LogP) is -0.0836. The lowest BCUT2D eigenvalue weighted by atomic mass is 9.94. The van der Waals surface area contributed by atoms with Crippen LogP contribution in [0.4, 0.5) is 10.6 Å². The smallest absolute Gasteiger partial charge is 0.409 e. The summed E-state index contributed by atoms with van der Waals surface area (Å²) in [6, 6.07) is 0.0901. The van der Waals surface area contributed by atoms with Crippen molar-refractivity contribution in [2.24, 2.45) is 5.92 Å². The number of aliphatic hydroxyl groups excluding tert-OH is 2. The number of piperidine rings is 1. The molecule has 2 aliphatic heterocycles. The van der Waals surface area contributed by atoms with Crippen molar-refractivity contribution in [3.63, 3.8) is 0 Å². The fraction of sp³-hybridized carbons (Fsp3) is 0.625. The number of nitrogens with zero attached hydrogens (tertiary/aromatic N) is 5. The number of hydrogen-bond donors (Lipinski definition) is 4. The molecule has 3 fully saturated rings. The number of nitrogens with two attached hydrogens (primary N) is 1. The molecule has 5 N–H and O–H groups in total. The average molecular weight is 514 g/mol. The Hall–Kier alpha value is -3.47. The molecule has 0 aromatic carbocycles. The summed E-state index contributed by atoms with van der Waals surface area (Å²) in [5.74, 6) is 6.24. The molecular weight excluding hydrogens is 482 g/mol. The Labute approximate surface area is 213 Å². The largest absolute Gasteiger partial charge is 0.450 e. The van der Waals surface area contributed by atoms with Crippen LogP contribution in [0.3, 0.4) is 0 Å². The van der Waals surface area contributed by atoms with Crippen LogP contribution in [0.1, 0.15) is 51.1 Å². The Balaban J connectivity index is 1.27. The number of hydrogen-bond acceptors (Lipinski definition) is 10. The Kier molecular flexibility index (Phi) is 7.14. The molecule has 4 atom stereocenters. The van der Waals surface area contributed by atoms with Crippen LogP contribution in [-0.2, 0) is 14.3 Å². The van der Waals surface area contributed by atoms with Gasteiger partial charge < -0.3 is 35.6 Å². The predicted molar refractivity (Wildman–Crippen MR) is 130 cm³/mol. The maximum atomic E-state index is 12.4. The molecule has 13 heteroatoms. The molecule has 0 spiro atoms. The molecule has 1 aliphatic carbocycles. The number of carbonyl (C=O) groups excluding carboxylic acids is 2. The van der Waals surface area contributed by atoms with E-state index >= 15 is 0 Å². The number of amides is 2. The van der Waals surface area contributed by atoms with Crippen molar-refractivity contribution in [2.45, 2.75) is 69.6 Å². The SMILES string of the molecule is CCOC(=O)N1CCC(CC#Cc2nc(N)c3ncn([C@@H]4O[C@H](C(=O)NC5CC5)C(O)[C@@H]4O)c3n2)CC1. The van der Waals surface area contributed by atoms with Crippen LogP contribution in [0.25, 0.3) is 11.2 Å². The number of carbonyl (C=O) groups is 2. The van der Waals surface area contributed by atoms with Gasteiger partial charge in [-0.15, -0.1) is 0 Å². The minimum absolute atomic E-state index is 0.0901. The molecule has 2 saturated heterocycles. The van der Waals surface area contributed by atoms with Crippen LogP contribution < -0.4 is 11.1 Å². The molecule has 198 valence electrons. The average Bonchev–Trinajstić information content (AvgIpc) is 3.52. The van der Waals surface area contributed by atoms with Crippen molar-refractivity contribution in [3.05, 3.63) is 12.2 Å². The van der Waals surface area contributed by atoms with Gasteiger partial charge in [-0.2, -0.15) is 0 Å². The third kappa shape index (κ3) is 5.31. The second kappa shape index (κ2) is 10.5. The van der Waals surface area contributed by atoms with Crippen molar-refractivity contribution in [1.82, 2.24) is 29.7 Å². The Bertz CT molecular complexity index is 1230. The lowest BCUT2D eigenvalue weighted by Crippen LogP contribution is -2.43. The molecule has 2 aromatic rings. The number of aromatic nitrogens is 4. The molecule has 5 rings (SSSR count). The first kappa shape index (κ1) is 25.2. The van der Waals surface area contributed by atoms with Gasteiger partial charge in [0.15, 0.2) is 23.8 Å². The van der Waals surface area contributed by atoms with Gasteiger partial charge in [-0.1, -0.05) is 5.92 Å². The molecule has 37 heavy (non-hydrogen) atoms. The first-order valence-electron chi connectivity index (χ1n) is 12.6. The standard InChI is InChI=1S/C24H31N7O6/c1-2-36-24(35)30-10-8-13(9-11-30)4-3-5-15-28-20(25)16-21(29-15)31(12-26-16)23-18(33)17(32)19(37-23)22(34)27-14-6-7-14/h12-14,17-19,23,32-33H,2,4,6-11H2,1H3,(H,27,34)(H2,25,28,29)/t17?,18-,19-,23+/m0/s1. The summed E-state index contributed by atoms with van der Waals surface area (Å²) in [5.41, 5.74) is 6.67. The zero-order chi connectivity index (χ0) is 26.1. The Morgan fingerprint density at radius 2 is 1.97 bits per heavy atom. The number of aliphatic hydroxyl groups is 2. The first-order chi connectivity index (χ1) is 17.9. The van der Waals surface area contributed by atoms with Gasteiger partial charge in [0, 0.05) is 25.6 Å². The summed E-state index contributed by atoms with van der Waals surface area (Å²) < 4.78 is 12.2. The van der Waals surface area contributed by atoms with E-state index in [9.17, 15) is 19.8 Å². The third-order valence-electron chi connectivity index (χ3n) is 6.87. The maximum absolute atomic E-state index is 12.4. The van der Waals surface area contributed by atoms with Crippen LogP contribution in [0, 0.1) is 17.8 Å². The normalized spacial score (nSPS) is 26.1. The van der Waals surface area contributed by atoms with E-state index in [4.69, 9.17) is 15.2 Å². The van der Waals surface area contributed by atoms with Crippen molar-refractivity contribution in [1.29, 1.82) is 0 Å². The summed E-state index contributed by atoms with van der Waals surface area (Å²) >= 11 is 0. The second-order valence-corrected chi connectivity index (χ2v) is 9.60. The fourth-order valence-corrected chi connectivity index (χ4v) is 4.61. The minimum Gasteiger partial charge on any atom is -0.450 e. The van der Waals surface area contributed by atoms with Crippen molar-refractivity contribution in [2.75, 3.05) is 25.4 Å². The molecule has 4 heterocycles. The van der Waals surface area contributed by atoms with Crippen molar-refractivity contribution in [3.8, 4) is 11.8 Å². The van der Waals surface area contributed by atoms with Crippen LogP contribution in [0.2, 0.25) is 0 Å². The maximum Gasteiger partial charge on any atom is 0.409 e. The monoisotopic (exact) mass is 513 g/mol. The number of nitrogens with one attached hydrogen (secondary N) is 1. The Morgan fingerprint density at radius 3 is 2.68 bits per heavy atom. The molecule has 0 radical (unpaired) electrons. The highest BCUT2D eigenvalue weighted by Crippen LogP contribution is 2.33. The minimum atomic E-state index is -1.41. The summed E-state index contributed by atoms with van der Waals surface area (Å²) in [4.78, 5) is 38.9. The number of rotatable bonds is 5. The Morgan fingerprint density at radius 1 is 1.22 bits per heavy atom. The van der Waals surface area contributed by atoms with Gasteiger partial charge in [0.1, 0.15) is 17.7 Å². The van der Waals surface area contributed by atoms with Gasteiger partial charge in [0.25, 0.3) is 5.91 Å². The highest BCUT2D eigenvalue weighted by Gasteiger charge is 2.48. The van der Waals surface area contributed by atoms with E-state index < -0.39 is 30.4 Å². The number of nitrogen functional groups attached to an aromatic ring is 1. The number of anilines is 1. The second-order valence-electron chi connectivity index (χ2n) is 9.60. The number of likely N-dealkylation sites (tertiary alicyclic amines) is 1. The summed E-state index contributed by atoms with van der Waals surface area (Å²) in [6.45, 7) is 3.42. The number of ether oxygens (including phenoxy) is 2. The molecule has 1 saturated carbocycles. The van der Waals surface area contributed by atoms with E-state index in [1.54, 1.807) is 11.8 Å². The quantitative estimate of drug-likeness (QED) is 0.395. The van der Waals surface area contributed by atoms with Gasteiger partial charge in [-0.3, -0.25) is 9.36 Å². The topological polar surface area (TPSA) is 178 Å². The highest BCUT2D eigenvalue weighted by molar-refractivity contribution is 5.83. The van der Waals surface area contributed by atoms with E-state index in [1.165, 1.54) is 10.9 Å². The summed E-state index contributed by atoms with van der Waals surface area (Å²) in [6.07, 6.45) is 0.0689. The van der Waals surface area contributed by atoms with Gasteiger partial charge >= 0.3 is 6.09 Å². The van der Waals surface area contributed by atoms with Gasteiger partial charge in [0.2, 0.25) is 5.82 Å². The van der Waals surface area contributed by atoms with E-state index in [1.807, 2.05) is 0 Å². The first-order valence-corrected chi connectivity index (χ1v) is 12.6.